The lowest BCUT2D eigenvalue weighted by Crippen LogP contribution is -2.37. The number of hydrazone groups is 1. The maximum atomic E-state index is 10.9. The lowest BCUT2D eigenvalue weighted by atomic mass is 10.2. The number of hydrogen-bond donors (Lipinski definition) is 2. The fourth-order valence-electron chi connectivity index (χ4n) is 3.03. The topological polar surface area (TPSA) is 131 Å². The SMILES string of the molecule is O=[N+]([O-])c1ccc(Nc2nc(N/N=C\C=C\c3ccccc3)nc(N3CCOCC3)n2)cc1. The van der Waals surface area contributed by atoms with Crippen molar-refractivity contribution in [2.24, 2.45) is 5.10 Å². The monoisotopic (exact) mass is 446 g/mol. The van der Waals surface area contributed by atoms with Gasteiger partial charge >= 0.3 is 0 Å². The largest absolute Gasteiger partial charge is 0.378 e. The van der Waals surface area contributed by atoms with Crippen LogP contribution in [0.15, 0.2) is 65.8 Å². The van der Waals surface area contributed by atoms with Gasteiger partial charge in [-0.3, -0.25) is 10.1 Å². The van der Waals surface area contributed by atoms with Gasteiger partial charge in [-0.25, -0.2) is 5.43 Å². The Morgan fingerprint density at radius 2 is 1.73 bits per heavy atom. The van der Waals surface area contributed by atoms with Crippen molar-refractivity contribution < 1.29 is 9.66 Å². The van der Waals surface area contributed by atoms with Crippen molar-refractivity contribution in [1.29, 1.82) is 0 Å². The third-order valence-electron chi connectivity index (χ3n) is 4.67. The van der Waals surface area contributed by atoms with Gasteiger partial charge in [-0.05, 0) is 23.8 Å². The van der Waals surface area contributed by atoms with Crippen molar-refractivity contribution in [2.45, 2.75) is 0 Å². The number of ether oxygens (including phenoxy) is 1. The van der Waals surface area contributed by atoms with Crippen LogP contribution in [0.1, 0.15) is 5.56 Å². The Balaban J connectivity index is 1.50. The smallest absolute Gasteiger partial charge is 0.269 e. The molecule has 2 heterocycles. The first-order valence-corrected chi connectivity index (χ1v) is 10.3. The first-order valence-electron chi connectivity index (χ1n) is 10.3. The van der Waals surface area contributed by atoms with Crippen LogP contribution in [0.3, 0.4) is 0 Å². The highest BCUT2D eigenvalue weighted by molar-refractivity contribution is 5.78. The molecular formula is C22H22N8O3. The number of nitrogens with one attached hydrogen (secondary N) is 2. The van der Waals surface area contributed by atoms with Crippen molar-refractivity contribution in [2.75, 3.05) is 41.9 Å². The summed E-state index contributed by atoms with van der Waals surface area (Å²) in [5.74, 6) is 1.04. The summed E-state index contributed by atoms with van der Waals surface area (Å²) in [7, 11) is 0. The third kappa shape index (κ3) is 6.31. The molecule has 11 nitrogen and oxygen atoms in total. The lowest BCUT2D eigenvalue weighted by Gasteiger charge is -2.27. The maximum absolute atomic E-state index is 10.9. The van der Waals surface area contributed by atoms with Gasteiger partial charge in [0.15, 0.2) is 0 Å². The molecule has 3 aromatic rings. The zero-order valence-corrected chi connectivity index (χ0v) is 17.7. The number of nitrogens with zero attached hydrogens (tertiary/aromatic N) is 6. The van der Waals surface area contributed by atoms with E-state index in [-0.39, 0.29) is 17.6 Å². The predicted molar refractivity (Wildman–Crippen MR) is 127 cm³/mol. The van der Waals surface area contributed by atoms with Crippen LogP contribution in [-0.4, -0.2) is 52.4 Å². The summed E-state index contributed by atoms with van der Waals surface area (Å²) in [5.41, 5.74) is 4.51. The molecule has 0 amide bonds. The molecule has 0 radical (unpaired) electrons. The Labute approximate surface area is 190 Å². The molecule has 1 aliphatic heterocycles. The molecule has 0 bridgehead atoms. The molecule has 33 heavy (non-hydrogen) atoms. The van der Waals surface area contributed by atoms with E-state index in [1.165, 1.54) is 12.1 Å². The van der Waals surface area contributed by atoms with Gasteiger partial charge < -0.3 is 15.0 Å². The van der Waals surface area contributed by atoms with Gasteiger partial charge in [-0.15, -0.1) is 0 Å². The number of hydrogen-bond acceptors (Lipinski definition) is 10. The molecule has 4 rings (SSSR count). The summed E-state index contributed by atoms with van der Waals surface area (Å²) in [4.78, 5) is 25.7. The van der Waals surface area contributed by atoms with Crippen LogP contribution in [0, 0.1) is 10.1 Å². The molecule has 1 aliphatic rings. The van der Waals surface area contributed by atoms with Crippen molar-refractivity contribution in [1.82, 2.24) is 15.0 Å². The van der Waals surface area contributed by atoms with Gasteiger partial charge in [0.05, 0.1) is 18.1 Å². The van der Waals surface area contributed by atoms with Crippen LogP contribution < -0.4 is 15.6 Å². The quantitative estimate of drug-likeness (QED) is 0.303. The van der Waals surface area contributed by atoms with Crippen LogP contribution in [0.2, 0.25) is 0 Å². The second-order valence-electron chi connectivity index (χ2n) is 6.97. The molecule has 0 saturated carbocycles. The maximum Gasteiger partial charge on any atom is 0.269 e. The molecule has 168 valence electrons. The number of aromatic nitrogens is 3. The zero-order valence-electron chi connectivity index (χ0n) is 17.7. The number of non-ortho nitro benzene ring substituents is 1. The summed E-state index contributed by atoms with van der Waals surface area (Å²) < 4.78 is 5.41. The fourth-order valence-corrected chi connectivity index (χ4v) is 3.03. The highest BCUT2D eigenvalue weighted by atomic mass is 16.6. The van der Waals surface area contributed by atoms with Crippen LogP contribution in [-0.2, 0) is 4.74 Å². The van der Waals surface area contributed by atoms with E-state index in [1.54, 1.807) is 18.3 Å². The van der Waals surface area contributed by atoms with Gasteiger partial charge in [0.1, 0.15) is 0 Å². The van der Waals surface area contributed by atoms with E-state index in [2.05, 4.69) is 30.8 Å². The number of nitro benzene ring substituents is 1. The van der Waals surface area contributed by atoms with Crippen molar-refractivity contribution in [3.8, 4) is 0 Å². The number of morpholine rings is 1. The second-order valence-corrected chi connectivity index (χ2v) is 6.97. The van der Waals surface area contributed by atoms with Gasteiger partial charge in [0.2, 0.25) is 17.8 Å². The third-order valence-corrected chi connectivity index (χ3v) is 4.67. The van der Waals surface area contributed by atoms with E-state index in [9.17, 15) is 10.1 Å². The fraction of sp³-hybridized carbons (Fsp3) is 0.182. The minimum absolute atomic E-state index is 0.00505. The van der Waals surface area contributed by atoms with Crippen LogP contribution >= 0.6 is 0 Å². The van der Waals surface area contributed by atoms with Gasteiger partial charge in [-0.1, -0.05) is 36.4 Å². The van der Waals surface area contributed by atoms with E-state index in [0.717, 1.165) is 5.56 Å². The van der Waals surface area contributed by atoms with Crippen molar-refractivity contribution in [3.63, 3.8) is 0 Å². The Morgan fingerprint density at radius 1 is 1.00 bits per heavy atom. The normalized spacial score (nSPS) is 14.0. The number of nitro groups is 1. The summed E-state index contributed by atoms with van der Waals surface area (Å²) >= 11 is 0. The minimum atomic E-state index is -0.449. The average Bonchev–Trinajstić information content (AvgIpc) is 2.85. The minimum Gasteiger partial charge on any atom is -0.378 e. The summed E-state index contributed by atoms with van der Waals surface area (Å²) in [6, 6.07) is 15.9. The molecular weight excluding hydrogens is 424 g/mol. The number of anilines is 4. The number of allylic oxidation sites excluding steroid dienone is 1. The molecule has 11 heteroatoms. The predicted octanol–water partition coefficient (Wildman–Crippen LogP) is 3.47. The highest BCUT2D eigenvalue weighted by Crippen LogP contribution is 2.21. The van der Waals surface area contributed by atoms with Gasteiger partial charge in [0, 0.05) is 37.1 Å². The molecule has 2 aromatic carbocycles. The molecule has 0 spiro atoms. The van der Waals surface area contributed by atoms with Gasteiger partial charge in [0.25, 0.3) is 5.69 Å². The molecule has 1 saturated heterocycles. The zero-order chi connectivity index (χ0) is 22.9. The summed E-state index contributed by atoms with van der Waals surface area (Å²) in [5, 5.41) is 18.1. The first kappa shape index (κ1) is 21.8. The summed E-state index contributed by atoms with van der Waals surface area (Å²) in [6.45, 7) is 2.48. The van der Waals surface area contributed by atoms with E-state index < -0.39 is 4.92 Å². The molecule has 0 atom stereocenters. The molecule has 1 fully saturated rings. The molecule has 0 unspecified atom stereocenters. The van der Waals surface area contributed by atoms with Crippen LogP contribution in [0.4, 0.5) is 29.2 Å². The standard InChI is InChI=1S/C22H22N8O3/c31-30(32)19-10-8-18(9-11-19)24-20-25-21(27-22(26-20)29-13-15-33-16-14-29)28-23-12-4-7-17-5-2-1-3-6-17/h1-12H,13-16H2,(H2,24,25,26,27,28)/b7-4+,23-12-. The highest BCUT2D eigenvalue weighted by Gasteiger charge is 2.17. The Morgan fingerprint density at radius 3 is 2.45 bits per heavy atom. The van der Waals surface area contributed by atoms with Gasteiger partial charge in [-0.2, -0.15) is 20.1 Å². The van der Waals surface area contributed by atoms with Crippen LogP contribution in [0.5, 0.6) is 0 Å². The summed E-state index contributed by atoms with van der Waals surface area (Å²) in [6.07, 6.45) is 5.34. The Kier molecular flexibility index (Phi) is 7.13. The van der Waals surface area contributed by atoms with E-state index in [0.29, 0.717) is 37.9 Å². The molecule has 0 aliphatic carbocycles. The number of rotatable bonds is 8. The van der Waals surface area contributed by atoms with Crippen molar-refractivity contribution in [3.05, 3.63) is 76.4 Å². The Hall–Kier alpha value is -4.38. The second kappa shape index (κ2) is 10.8. The Bertz CT molecular complexity index is 1130. The van der Waals surface area contributed by atoms with Crippen molar-refractivity contribution >= 4 is 41.5 Å². The molecule has 1 aromatic heterocycles. The molecule has 2 N–H and O–H groups in total. The van der Waals surface area contributed by atoms with E-state index in [1.807, 2.05) is 47.4 Å². The lowest BCUT2D eigenvalue weighted by molar-refractivity contribution is -0.384. The van der Waals surface area contributed by atoms with E-state index in [4.69, 9.17) is 4.74 Å². The van der Waals surface area contributed by atoms with Crippen LogP contribution in [0.25, 0.3) is 6.08 Å². The average molecular weight is 446 g/mol. The number of benzene rings is 2. The van der Waals surface area contributed by atoms with E-state index >= 15 is 0 Å². The first-order chi connectivity index (χ1) is 16.2.